The first-order valence-corrected chi connectivity index (χ1v) is 7.48. The van der Waals surface area contributed by atoms with Gasteiger partial charge in [-0.05, 0) is 75.9 Å². The van der Waals surface area contributed by atoms with Gasteiger partial charge in [0.15, 0.2) is 0 Å². The molecule has 0 saturated heterocycles. The third kappa shape index (κ3) is 2.75. The molecule has 1 N–H and O–H groups in total. The fourth-order valence-electron chi connectivity index (χ4n) is 3.42. The number of aliphatic hydroxyl groups is 1. The second-order valence-electron chi connectivity index (χ2n) is 6.58. The van der Waals surface area contributed by atoms with Gasteiger partial charge in [-0.3, -0.25) is 0 Å². The van der Waals surface area contributed by atoms with Crippen LogP contribution in [0.1, 0.15) is 49.8 Å². The van der Waals surface area contributed by atoms with E-state index >= 15 is 0 Å². The highest BCUT2D eigenvalue weighted by Gasteiger charge is 2.43. The van der Waals surface area contributed by atoms with Gasteiger partial charge in [-0.1, -0.05) is 13.0 Å². The molecule has 0 aromatic heterocycles. The van der Waals surface area contributed by atoms with Gasteiger partial charge in [0, 0.05) is 0 Å². The Hall–Kier alpha value is -0.930. The summed E-state index contributed by atoms with van der Waals surface area (Å²) in [6.45, 7) is 4.20. The maximum absolute atomic E-state index is 13.5. The third-order valence-corrected chi connectivity index (χ3v) is 5.08. The summed E-state index contributed by atoms with van der Waals surface area (Å²) in [5.41, 5.74) is 1.41. The molecule has 2 rings (SSSR count). The van der Waals surface area contributed by atoms with E-state index in [0.29, 0.717) is 5.92 Å². The van der Waals surface area contributed by atoms with Crippen molar-refractivity contribution in [2.75, 3.05) is 14.1 Å². The first-order valence-electron chi connectivity index (χ1n) is 7.48. The summed E-state index contributed by atoms with van der Waals surface area (Å²) in [6, 6.07) is 4.70. The van der Waals surface area contributed by atoms with Crippen LogP contribution in [0.15, 0.2) is 18.2 Å². The van der Waals surface area contributed by atoms with E-state index in [0.717, 1.165) is 36.8 Å². The van der Waals surface area contributed by atoms with Crippen LogP contribution in [0.2, 0.25) is 0 Å². The SMILES string of the molecule is Cc1ccc(F)cc1C(O)C1(N(C)C)CCC(C)CC1. The highest BCUT2D eigenvalue weighted by molar-refractivity contribution is 5.31. The van der Waals surface area contributed by atoms with Gasteiger partial charge in [0.05, 0.1) is 11.6 Å². The number of likely N-dealkylation sites (N-methyl/N-ethyl adjacent to an activating group) is 1. The molecular weight excluding hydrogens is 253 g/mol. The van der Waals surface area contributed by atoms with E-state index in [9.17, 15) is 9.50 Å². The fourth-order valence-corrected chi connectivity index (χ4v) is 3.42. The van der Waals surface area contributed by atoms with Crippen LogP contribution in [0, 0.1) is 18.7 Å². The molecule has 3 heteroatoms. The smallest absolute Gasteiger partial charge is 0.123 e. The summed E-state index contributed by atoms with van der Waals surface area (Å²) in [6.07, 6.45) is 3.50. The summed E-state index contributed by atoms with van der Waals surface area (Å²) in [7, 11) is 4.04. The minimum atomic E-state index is -0.638. The second-order valence-corrected chi connectivity index (χ2v) is 6.58. The summed E-state index contributed by atoms with van der Waals surface area (Å²) >= 11 is 0. The van der Waals surface area contributed by atoms with E-state index in [1.807, 2.05) is 21.0 Å². The van der Waals surface area contributed by atoms with Crippen LogP contribution in [0.5, 0.6) is 0 Å². The number of rotatable bonds is 3. The summed E-state index contributed by atoms with van der Waals surface area (Å²) in [5.74, 6) is 0.437. The van der Waals surface area contributed by atoms with Crippen molar-refractivity contribution in [3.05, 3.63) is 35.1 Å². The van der Waals surface area contributed by atoms with E-state index in [1.165, 1.54) is 12.1 Å². The highest BCUT2D eigenvalue weighted by atomic mass is 19.1. The molecule has 0 heterocycles. The molecule has 0 aliphatic heterocycles. The van der Waals surface area contributed by atoms with Crippen LogP contribution < -0.4 is 0 Å². The lowest BCUT2D eigenvalue weighted by atomic mass is 9.71. The monoisotopic (exact) mass is 279 g/mol. The minimum Gasteiger partial charge on any atom is -0.386 e. The lowest BCUT2D eigenvalue weighted by Crippen LogP contribution is -2.51. The van der Waals surface area contributed by atoms with Gasteiger partial charge >= 0.3 is 0 Å². The van der Waals surface area contributed by atoms with Gasteiger partial charge in [0.1, 0.15) is 5.82 Å². The first-order chi connectivity index (χ1) is 9.36. The Labute approximate surface area is 121 Å². The molecule has 1 aliphatic rings. The molecule has 1 aromatic rings. The van der Waals surface area contributed by atoms with Crippen molar-refractivity contribution in [3.63, 3.8) is 0 Å². The minimum absolute atomic E-state index is 0.273. The average Bonchev–Trinajstić information content (AvgIpc) is 2.41. The van der Waals surface area contributed by atoms with Crippen LogP contribution in [-0.4, -0.2) is 29.6 Å². The predicted octanol–water partition coefficient (Wildman–Crippen LogP) is 3.68. The summed E-state index contributed by atoms with van der Waals surface area (Å²) in [5, 5.41) is 10.9. The molecule has 1 fully saturated rings. The van der Waals surface area contributed by atoms with E-state index in [1.54, 1.807) is 6.07 Å². The molecule has 1 atom stereocenters. The Morgan fingerprint density at radius 1 is 1.30 bits per heavy atom. The number of aliphatic hydroxyl groups excluding tert-OH is 1. The van der Waals surface area contributed by atoms with Gasteiger partial charge in [0.25, 0.3) is 0 Å². The number of hydrogen-bond acceptors (Lipinski definition) is 2. The number of benzene rings is 1. The maximum atomic E-state index is 13.5. The molecule has 1 aliphatic carbocycles. The van der Waals surface area contributed by atoms with Gasteiger partial charge in [-0.15, -0.1) is 0 Å². The predicted molar refractivity (Wildman–Crippen MR) is 80.1 cm³/mol. The van der Waals surface area contributed by atoms with Crippen molar-refractivity contribution in [3.8, 4) is 0 Å². The van der Waals surface area contributed by atoms with Crippen LogP contribution in [0.4, 0.5) is 4.39 Å². The van der Waals surface area contributed by atoms with Gasteiger partial charge in [0.2, 0.25) is 0 Å². The molecule has 112 valence electrons. The van der Waals surface area contributed by atoms with Crippen LogP contribution in [0.25, 0.3) is 0 Å². The normalized spacial score (nSPS) is 28.6. The Bertz CT molecular complexity index is 464. The maximum Gasteiger partial charge on any atom is 0.123 e. The van der Waals surface area contributed by atoms with Crippen molar-refractivity contribution in [2.24, 2.45) is 5.92 Å². The van der Waals surface area contributed by atoms with Crippen LogP contribution >= 0.6 is 0 Å². The summed E-state index contributed by atoms with van der Waals surface area (Å²) in [4.78, 5) is 2.13. The molecule has 0 spiro atoms. The Kier molecular flexibility index (Phi) is 4.50. The van der Waals surface area contributed by atoms with Crippen molar-refractivity contribution >= 4 is 0 Å². The molecule has 1 saturated carbocycles. The van der Waals surface area contributed by atoms with Crippen molar-refractivity contribution in [1.29, 1.82) is 0 Å². The molecule has 2 nitrogen and oxygen atoms in total. The van der Waals surface area contributed by atoms with E-state index in [-0.39, 0.29) is 11.4 Å². The number of halogens is 1. The Morgan fingerprint density at radius 3 is 2.45 bits per heavy atom. The van der Waals surface area contributed by atoms with Gasteiger partial charge < -0.3 is 10.0 Å². The largest absolute Gasteiger partial charge is 0.386 e. The van der Waals surface area contributed by atoms with E-state index < -0.39 is 6.10 Å². The van der Waals surface area contributed by atoms with Crippen molar-refractivity contribution in [1.82, 2.24) is 4.90 Å². The van der Waals surface area contributed by atoms with E-state index in [4.69, 9.17) is 0 Å². The van der Waals surface area contributed by atoms with Crippen molar-refractivity contribution < 1.29 is 9.50 Å². The van der Waals surface area contributed by atoms with Gasteiger partial charge in [-0.2, -0.15) is 0 Å². The van der Waals surface area contributed by atoms with Crippen molar-refractivity contribution in [2.45, 2.75) is 51.2 Å². The second kappa shape index (κ2) is 5.82. The highest BCUT2D eigenvalue weighted by Crippen LogP contribution is 2.44. The zero-order chi connectivity index (χ0) is 14.9. The summed E-state index contributed by atoms with van der Waals surface area (Å²) < 4.78 is 13.5. The topological polar surface area (TPSA) is 23.5 Å². The quantitative estimate of drug-likeness (QED) is 0.912. The zero-order valence-corrected chi connectivity index (χ0v) is 13.0. The first kappa shape index (κ1) is 15.5. The van der Waals surface area contributed by atoms with Crippen LogP contribution in [-0.2, 0) is 0 Å². The van der Waals surface area contributed by atoms with E-state index in [2.05, 4.69) is 11.8 Å². The molecule has 0 radical (unpaired) electrons. The van der Waals surface area contributed by atoms with Crippen LogP contribution in [0.3, 0.4) is 0 Å². The van der Waals surface area contributed by atoms with Gasteiger partial charge in [-0.25, -0.2) is 4.39 Å². The molecule has 1 aromatic carbocycles. The number of nitrogens with zero attached hydrogens (tertiary/aromatic N) is 1. The number of aryl methyl sites for hydroxylation is 1. The fraction of sp³-hybridized carbons (Fsp3) is 0.647. The third-order valence-electron chi connectivity index (χ3n) is 5.08. The zero-order valence-electron chi connectivity index (χ0n) is 13.0. The average molecular weight is 279 g/mol. The molecule has 0 bridgehead atoms. The molecular formula is C17H26FNO. The Morgan fingerprint density at radius 2 is 1.90 bits per heavy atom. The Balaban J connectivity index is 2.36. The molecule has 0 amide bonds. The lowest BCUT2D eigenvalue weighted by Gasteiger charge is -2.48. The number of hydrogen-bond donors (Lipinski definition) is 1. The lowest BCUT2D eigenvalue weighted by molar-refractivity contribution is -0.0412. The molecule has 1 unspecified atom stereocenters. The molecule has 20 heavy (non-hydrogen) atoms. The standard InChI is InChI=1S/C17H26FNO/c1-12-7-9-17(10-8-12,19(3)4)16(20)15-11-14(18)6-5-13(15)2/h5-6,11-12,16,20H,7-10H2,1-4H3.